The van der Waals surface area contributed by atoms with E-state index in [-0.39, 0.29) is 23.8 Å². The maximum atomic E-state index is 13.4. The quantitative estimate of drug-likeness (QED) is 0.545. The van der Waals surface area contributed by atoms with Crippen LogP contribution in [0.5, 0.6) is 0 Å². The number of rotatable bonds is 6. The van der Waals surface area contributed by atoms with E-state index in [1.807, 2.05) is 6.92 Å². The van der Waals surface area contributed by atoms with Crippen LogP contribution in [0.25, 0.3) is 0 Å². The zero-order chi connectivity index (χ0) is 14.4. The molecule has 0 saturated carbocycles. The van der Waals surface area contributed by atoms with Gasteiger partial charge in [-0.25, -0.2) is 8.78 Å². The van der Waals surface area contributed by atoms with E-state index >= 15 is 0 Å². The highest BCUT2D eigenvalue weighted by Gasteiger charge is 2.14. The average Bonchev–Trinajstić information content (AvgIpc) is 2.38. The number of aliphatic hydroxyl groups is 1. The van der Waals surface area contributed by atoms with E-state index < -0.39 is 17.5 Å². The van der Waals surface area contributed by atoms with Crippen molar-refractivity contribution in [3.63, 3.8) is 0 Å². The molecule has 4 nitrogen and oxygen atoms in total. The standard InChI is InChI=1S/C13H18F2N2O2/c1-8(7-18)3-2-4-17-13(19)9-5-12(16)11(15)6-10(9)14/h5-6,8,18H,2-4,7,16H2,1H3,(H,17,19). The average molecular weight is 272 g/mol. The molecule has 106 valence electrons. The van der Waals surface area contributed by atoms with Crippen molar-refractivity contribution >= 4 is 11.6 Å². The van der Waals surface area contributed by atoms with Crippen molar-refractivity contribution in [3.05, 3.63) is 29.3 Å². The molecule has 1 atom stereocenters. The highest BCUT2D eigenvalue weighted by Crippen LogP contribution is 2.16. The lowest BCUT2D eigenvalue weighted by Crippen LogP contribution is -2.26. The first-order valence-corrected chi connectivity index (χ1v) is 6.09. The van der Waals surface area contributed by atoms with Crippen molar-refractivity contribution in [2.75, 3.05) is 18.9 Å². The van der Waals surface area contributed by atoms with Crippen LogP contribution in [0.15, 0.2) is 12.1 Å². The minimum Gasteiger partial charge on any atom is -0.396 e. The largest absolute Gasteiger partial charge is 0.396 e. The van der Waals surface area contributed by atoms with Crippen molar-refractivity contribution in [3.8, 4) is 0 Å². The zero-order valence-corrected chi connectivity index (χ0v) is 10.7. The summed E-state index contributed by atoms with van der Waals surface area (Å²) in [4.78, 5) is 11.7. The molecule has 0 bridgehead atoms. The highest BCUT2D eigenvalue weighted by atomic mass is 19.1. The molecule has 0 heterocycles. The molecule has 1 amide bonds. The number of benzene rings is 1. The monoisotopic (exact) mass is 272 g/mol. The van der Waals surface area contributed by atoms with Gasteiger partial charge in [-0.05, 0) is 24.8 Å². The molecule has 0 aliphatic carbocycles. The number of hydrogen-bond acceptors (Lipinski definition) is 3. The first-order valence-electron chi connectivity index (χ1n) is 6.09. The number of aliphatic hydroxyl groups excluding tert-OH is 1. The number of nitrogen functional groups attached to an aromatic ring is 1. The summed E-state index contributed by atoms with van der Waals surface area (Å²) in [5.74, 6) is -2.28. The van der Waals surface area contributed by atoms with E-state index in [1.54, 1.807) is 0 Å². The van der Waals surface area contributed by atoms with Crippen LogP contribution in [0.1, 0.15) is 30.1 Å². The van der Waals surface area contributed by atoms with Crippen molar-refractivity contribution in [2.45, 2.75) is 19.8 Å². The second-order valence-electron chi connectivity index (χ2n) is 4.54. The number of nitrogens with two attached hydrogens (primary N) is 1. The van der Waals surface area contributed by atoms with Crippen LogP contribution >= 0.6 is 0 Å². The fraction of sp³-hybridized carbons (Fsp3) is 0.462. The summed E-state index contributed by atoms with van der Waals surface area (Å²) in [5, 5.41) is 11.4. The molecule has 0 fully saturated rings. The summed E-state index contributed by atoms with van der Waals surface area (Å²) < 4.78 is 26.3. The topological polar surface area (TPSA) is 75.3 Å². The summed E-state index contributed by atoms with van der Waals surface area (Å²) in [6.45, 7) is 2.35. The smallest absolute Gasteiger partial charge is 0.254 e. The molecule has 1 aromatic rings. The molecule has 4 N–H and O–H groups in total. The van der Waals surface area contributed by atoms with Gasteiger partial charge in [0.25, 0.3) is 5.91 Å². The van der Waals surface area contributed by atoms with Gasteiger partial charge < -0.3 is 16.2 Å². The Hall–Kier alpha value is -1.69. The van der Waals surface area contributed by atoms with Crippen molar-refractivity contribution in [1.82, 2.24) is 5.32 Å². The Morgan fingerprint density at radius 2 is 2.11 bits per heavy atom. The molecule has 0 aliphatic rings. The molecular weight excluding hydrogens is 254 g/mol. The molecular formula is C13H18F2N2O2. The lowest BCUT2D eigenvalue weighted by Gasteiger charge is -2.09. The second kappa shape index (κ2) is 7.04. The van der Waals surface area contributed by atoms with E-state index in [9.17, 15) is 13.6 Å². The van der Waals surface area contributed by atoms with E-state index in [0.29, 0.717) is 19.0 Å². The number of hydrogen-bond donors (Lipinski definition) is 3. The normalized spacial score (nSPS) is 12.2. The molecule has 0 radical (unpaired) electrons. The number of anilines is 1. The number of carbonyl (C=O) groups is 1. The van der Waals surface area contributed by atoms with Gasteiger partial charge in [0.15, 0.2) is 0 Å². The van der Waals surface area contributed by atoms with Gasteiger partial charge in [-0.3, -0.25) is 4.79 Å². The Morgan fingerprint density at radius 3 is 2.74 bits per heavy atom. The van der Waals surface area contributed by atoms with Gasteiger partial charge in [0.05, 0.1) is 11.3 Å². The van der Waals surface area contributed by atoms with Gasteiger partial charge in [-0.1, -0.05) is 6.92 Å². The van der Waals surface area contributed by atoms with Gasteiger partial charge in [-0.15, -0.1) is 0 Å². The van der Waals surface area contributed by atoms with Crippen LogP contribution in [0, 0.1) is 17.6 Å². The summed E-state index contributed by atoms with van der Waals surface area (Å²) in [5.41, 5.74) is 4.76. The molecule has 0 spiro atoms. The number of halogens is 2. The minimum atomic E-state index is -0.937. The SMILES string of the molecule is CC(CO)CCCNC(=O)c1cc(N)c(F)cc1F. The first kappa shape index (κ1) is 15.4. The maximum Gasteiger partial charge on any atom is 0.254 e. The summed E-state index contributed by atoms with van der Waals surface area (Å²) in [6.07, 6.45) is 1.43. The third-order valence-electron chi connectivity index (χ3n) is 2.80. The van der Waals surface area contributed by atoms with Crippen LogP contribution < -0.4 is 11.1 Å². The zero-order valence-electron chi connectivity index (χ0n) is 10.7. The van der Waals surface area contributed by atoms with Crippen molar-refractivity contribution < 1.29 is 18.7 Å². The van der Waals surface area contributed by atoms with Crippen LogP contribution in [-0.4, -0.2) is 24.2 Å². The van der Waals surface area contributed by atoms with Gasteiger partial charge in [0.2, 0.25) is 0 Å². The van der Waals surface area contributed by atoms with Gasteiger partial charge in [-0.2, -0.15) is 0 Å². The predicted octanol–water partition coefficient (Wildman–Crippen LogP) is 1.69. The van der Waals surface area contributed by atoms with E-state index in [4.69, 9.17) is 10.8 Å². The number of carbonyl (C=O) groups excluding carboxylic acids is 1. The molecule has 0 aromatic heterocycles. The molecule has 1 unspecified atom stereocenters. The Bertz CT molecular complexity index is 453. The molecule has 6 heteroatoms. The second-order valence-corrected chi connectivity index (χ2v) is 4.54. The maximum absolute atomic E-state index is 13.4. The van der Waals surface area contributed by atoms with Gasteiger partial charge in [0.1, 0.15) is 11.6 Å². The van der Waals surface area contributed by atoms with Gasteiger partial charge in [0, 0.05) is 19.2 Å². The van der Waals surface area contributed by atoms with E-state index in [1.165, 1.54) is 0 Å². The van der Waals surface area contributed by atoms with E-state index in [0.717, 1.165) is 12.5 Å². The van der Waals surface area contributed by atoms with Crippen LogP contribution in [-0.2, 0) is 0 Å². The Kier molecular flexibility index (Phi) is 5.69. The first-order chi connectivity index (χ1) is 8.95. The van der Waals surface area contributed by atoms with Gasteiger partial charge >= 0.3 is 0 Å². The van der Waals surface area contributed by atoms with Crippen LogP contribution in [0.2, 0.25) is 0 Å². The summed E-state index contributed by atoms with van der Waals surface area (Å²) in [7, 11) is 0. The molecule has 0 aliphatic heterocycles. The molecule has 0 saturated heterocycles. The third kappa shape index (κ3) is 4.48. The van der Waals surface area contributed by atoms with Crippen LogP contribution in [0.4, 0.5) is 14.5 Å². The fourth-order valence-corrected chi connectivity index (χ4v) is 1.58. The number of nitrogens with one attached hydrogen (secondary N) is 1. The highest BCUT2D eigenvalue weighted by molar-refractivity contribution is 5.95. The van der Waals surface area contributed by atoms with Crippen LogP contribution in [0.3, 0.4) is 0 Å². The third-order valence-corrected chi connectivity index (χ3v) is 2.80. The molecule has 1 aromatic carbocycles. The minimum absolute atomic E-state index is 0.0943. The fourth-order valence-electron chi connectivity index (χ4n) is 1.58. The van der Waals surface area contributed by atoms with Crippen molar-refractivity contribution in [2.24, 2.45) is 5.92 Å². The molecule has 19 heavy (non-hydrogen) atoms. The lowest BCUT2D eigenvalue weighted by atomic mass is 10.1. The Balaban J connectivity index is 2.52. The number of amides is 1. The Labute approximate surface area is 110 Å². The molecule has 1 rings (SSSR count). The lowest BCUT2D eigenvalue weighted by molar-refractivity contribution is 0.0948. The summed E-state index contributed by atoms with van der Waals surface area (Å²) >= 11 is 0. The van der Waals surface area contributed by atoms with E-state index in [2.05, 4.69) is 5.32 Å². The Morgan fingerprint density at radius 1 is 1.42 bits per heavy atom. The summed E-state index contributed by atoms with van der Waals surface area (Å²) in [6, 6.07) is 1.58. The predicted molar refractivity (Wildman–Crippen MR) is 68.6 cm³/mol. The van der Waals surface area contributed by atoms with Crippen molar-refractivity contribution in [1.29, 1.82) is 0 Å².